The number of nitrogens with one attached hydrogen (secondary N) is 1. The van der Waals surface area contributed by atoms with E-state index in [0.29, 0.717) is 12.8 Å². The van der Waals surface area contributed by atoms with E-state index in [1.807, 2.05) is 24.3 Å². The number of carboxylic acid groups (broad SMARTS) is 1. The highest BCUT2D eigenvalue weighted by Gasteiger charge is 2.32. The molecule has 0 amide bonds. The van der Waals surface area contributed by atoms with Crippen LogP contribution in [0, 0.1) is 5.92 Å². The van der Waals surface area contributed by atoms with Crippen molar-refractivity contribution in [3.05, 3.63) is 48.3 Å². The maximum absolute atomic E-state index is 12.7. The molecule has 1 aliphatic rings. The molecule has 1 aliphatic heterocycles. The van der Waals surface area contributed by atoms with Crippen molar-refractivity contribution >= 4 is 16.2 Å². The fourth-order valence-electron chi connectivity index (χ4n) is 3.18. The number of aliphatic carboxylic acids is 1. The lowest BCUT2D eigenvalue weighted by Crippen LogP contribution is -2.46. The summed E-state index contributed by atoms with van der Waals surface area (Å²) in [6.07, 6.45) is 4.12. The molecular weight excluding hydrogens is 356 g/mol. The number of nitrogens with zero attached hydrogens (tertiary/aromatic N) is 3. The second-order valence-corrected chi connectivity index (χ2v) is 8.07. The molecule has 1 aromatic heterocycles. The van der Waals surface area contributed by atoms with Gasteiger partial charge in [-0.2, -0.15) is 22.5 Å². The summed E-state index contributed by atoms with van der Waals surface area (Å²) in [6, 6.07) is 8.81. The van der Waals surface area contributed by atoms with Gasteiger partial charge in [0.15, 0.2) is 0 Å². The van der Waals surface area contributed by atoms with Gasteiger partial charge in [-0.3, -0.25) is 4.79 Å². The van der Waals surface area contributed by atoms with Crippen molar-refractivity contribution in [3.63, 3.8) is 0 Å². The number of aromatic nitrogens is 2. The molecule has 3 rings (SSSR count). The lowest BCUT2D eigenvalue weighted by molar-refractivity contribution is -0.142. The standard InChI is InChI=1S/C17H22N4O4S/c1-13(15-5-2-3-6-16(15)21-10-4-9-18-21)19-26(24,25)20-11-7-14(8-12-20)17(22)23/h2-6,9-10,13-14,19H,7-8,11-12H2,1H3,(H,22,23)/t13-/m1/s1. The van der Waals surface area contributed by atoms with E-state index in [1.54, 1.807) is 30.1 Å². The van der Waals surface area contributed by atoms with Crippen molar-refractivity contribution in [2.24, 2.45) is 5.92 Å². The van der Waals surface area contributed by atoms with Crippen LogP contribution in [0.2, 0.25) is 0 Å². The van der Waals surface area contributed by atoms with Crippen molar-refractivity contribution in [1.29, 1.82) is 0 Å². The minimum atomic E-state index is -3.70. The van der Waals surface area contributed by atoms with Gasteiger partial charge in [-0.15, -0.1) is 0 Å². The normalized spacial score (nSPS) is 17.9. The maximum atomic E-state index is 12.7. The monoisotopic (exact) mass is 378 g/mol. The van der Waals surface area contributed by atoms with E-state index in [9.17, 15) is 13.2 Å². The Morgan fingerprint density at radius 2 is 1.96 bits per heavy atom. The number of para-hydroxylation sites is 1. The minimum absolute atomic E-state index is 0.208. The zero-order chi connectivity index (χ0) is 18.7. The van der Waals surface area contributed by atoms with Gasteiger partial charge in [-0.1, -0.05) is 18.2 Å². The Morgan fingerprint density at radius 1 is 1.27 bits per heavy atom. The van der Waals surface area contributed by atoms with E-state index >= 15 is 0 Å². The predicted molar refractivity (Wildman–Crippen MR) is 96.0 cm³/mol. The molecule has 1 fully saturated rings. The lowest BCUT2D eigenvalue weighted by atomic mass is 9.99. The molecule has 9 heteroatoms. The molecule has 0 saturated carbocycles. The molecule has 1 saturated heterocycles. The fraction of sp³-hybridized carbons (Fsp3) is 0.412. The summed E-state index contributed by atoms with van der Waals surface area (Å²) in [7, 11) is -3.70. The van der Waals surface area contributed by atoms with E-state index in [-0.39, 0.29) is 13.1 Å². The van der Waals surface area contributed by atoms with Crippen LogP contribution in [-0.4, -0.2) is 46.7 Å². The zero-order valence-electron chi connectivity index (χ0n) is 14.4. The highest BCUT2D eigenvalue weighted by atomic mass is 32.2. The molecular formula is C17H22N4O4S. The van der Waals surface area contributed by atoms with Crippen LogP contribution in [-0.2, 0) is 15.0 Å². The first kappa shape index (κ1) is 18.6. The summed E-state index contributed by atoms with van der Waals surface area (Å²) in [5, 5.41) is 13.3. The predicted octanol–water partition coefficient (Wildman–Crippen LogP) is 1.56. The molecule has 0 bridgehead atoms. The van der Waals surface area contributed by atoms with Crippen molar-refractivity contribution in [2.45, 2.75) is 25.8 Å². The number of carbonyl (C=O) groups is 1. The van der Waals surface area contributed by atoms with Crippen molar-refractivity contribution in [1.82, 2.24) is 18.8 Å². The number of carboxylic acids is 1. The molecule has 0 unspecified atom stereocenters. The molecule has 140 valence electrons. The first-order valence-corrected chi connectivity index (χ1v) is 9.91. The number of hydrogen-bond donors (Lipinski definition) is 2. The van der Waals surface area contributed by atoms with E-state index in [1.165, 1.54) is 4.31 Å². The first-order chi connectivity index (χ1) is 12.4. The van der Waals surface area contributed by atoms with Gasteiger partial charge in [0.2, 0.25) is 0 Å². The third-order valence-electron chi connectivity index (χ3n) is 4.62. The third kappa shape index (κ3) is 3.95. The molecule has 1 atom stereocenters. The maximum Gasteiger partial charge on any atom is 0.306 e. The zero-order valence-corrected chi connectivity index (χ0v) is 15.3. The molecule has 0 spiro atoms. The smallest absolute Gasteiger partial charge is 0.306 e. The highest BCUT2D eigenvalue weighted by molar-refractivity contribution is 7.87. The van der Waals surface area contributed by atoms with Gasteiger partial charge in [0.25, 0.3) is 10.2 Å². The second-order valence-electron chi connectivity index (χ2n) is 6.37. The van der Waals surface area contributed by atoms with Crippen LogP contribution >= 0.6 is 0 Å². The molecule has 2 heterocycles. The summed E-state index contributed by atoms with van der Waals surface area (Å²) in [5.74, 6) is -1.34. The summed E-state index contributed by atoms with van der Waals surface area (Å²) in [6.45, 7) is 2.20. The average Bonchev–Trinajstić information content (AvgIpc) is 3.16. The Bertz CT molecular complexity index is 859. The van der Waals surface area contributed by atoms with E-state index in [2.05, 4.69) is 9.82 Å². The largest absolute Gasteiger partial charge is 0.481 e. The van der Waals surface area contributed by atoms with Crippen molar-refractivity contribution < 1.29 is 18.3 Å². The summed E-state index contributed by atoms with van der Waals surface area (Å²) in [5.41, 5.74) is 1.61. The first-order valence-electron chi connectivity index (χ1n) is 8.47. The Kier molecular flexibility index (Phi) is 5.40. The molecule has 0 radical (unpaired) electrons. The quantitative estimate of drug-likeness (QED) is 0.794. The van der Waals surface area contributed by atoms with Gasteiger partial charge in [-0.25, -0.2) is 4.68 Å². The number of benzene rings is 1. The van der Waals surface area contributed by atoms with Crippen LogP contribution in [0.15, 0.2) is 42.7 Å². The Hall–Kier alpha value is -2.23. The number of rotatable bonds is 6. The summed E-state index contributed by atoms with van der Waals surface area (Å²) < 4.78 is 31.1. The van der Waals surface area contributed by atoms with Crippen molar-refractivity contribution in [2.75, 3.05) is 13.1 Å². The molecule has 2 N–H and O–H groups in total. The van der Waals surface area contributed by atoms with Crippen LogP contribution < -0.4 is 4.72 Å². The number of hydrogen-bond acceptors (Lipinski definition) is 4. The number of piperidine rings is 1. The van der Waals surface area contributed by atoms with E-state index < -0.39 is 28.1 Å². The molecule has 2 aromatic rings. The average molecular weight is 378 g/mol. The molecule has 8 nitrogen and oxygen atoms in total. The third-order valence-corrected chi connectivity index (χ3v) is 6.32. The van der Waals surface area contributed by atoms with Gasteiger partial charge >= 0.3 is 5.97 Å². The highest BCUT2D eigenvalue weighted by Crippen LogP contribution is 2.24. The Labute approximate surface area is 152 Å². The van der Waals surface area contributed by atoms with Gasteiger partial charge in [0, 0.05) is 31.5 Å². The SMILES string of the molecule is C[C@@H](NS(=O)(=O)N1CCC(C(=O)O)CC1)c1ccccc1-n1cccn1. The van der Waals surface area contributed by atoms with Crippen LogP contribution in [0.5, 0.6) is 0 Å². The lowest BCUT2D eigenvalue weighted by Gasteiger charge is -2.30. The molecule has 1 aromatic carbocycles. The topological polar surface area (TPSA) is 105 Å². The van der Waals surface area contributed by atoms with Crippen molar-refractivity contribution in [3.8, 4) is 5.69 Å². The van der Waals surface area contributed by atoms with Crippen LogP contribution in [0.3, 0.4) is 0 Å². The van der Waals surface area contributed by atoms with Gasteiger partial charge < -0.3 is 5.11 Å². The Morgan fingerprint density at radius 3 is 2.58 bits per heavy atom. The minimum Gasteiger partial charge on any atom is -0.481 e. The van der Waals surface area contributed by atoms with Crippen LogP contribution in [0.25, 0.3) is 5.69 Å². The van der Waals surface area contributed by atoms with Gasteiger partial charge in [0.05, 0.1) is 11.6 Å². The second kappa shape index (κ2) is 7.56. The van der Waals surface area contributed by atoms with E-state index in [4.69, 9.17) is 5.11 Å². The van der Waals surface area contributed by atoms with Crippen LogP contribution in [0.4, 0.5) is 0 Å². The van der Waals surface area contributed by atoms with E-state index in [0.717, 1.165) is 11.3 Å². The van der Waals surface area contributed by atoms with Gasteiger partial charge in [0.1, 0.15) is 0 Å². The fourth-order valence-corrected chi connectivity index (χ4v) is 4.59. The summed E-state index contributed by atoms with van der Waals surface area (Å²) in [4.78, 5) is 11.0. The van der Waals surface area contributed by atoms with Crippen LogP contribution in [0.1, 0.15) is 31.4 Å². The molecule has 0 aliphatic carbocycles. The van der Waals surface area contributed by atoms with Gasteiger partial charge in [-0.05, 0) is 37.5 Å². The Balaban J connectivity index is 1.74. The molecule has 26 heavy (non-hydrogen) atoms. The summed E-state index contributed by atoms with van der Waals surface area (Å²) >= 11 is 0.